The maximum Gasteiger partial charge on any atom is 0.334 e. The van der Waals surface area contributed by atoms with E-state index in [-0.39, 0.29) is 0 Å². The van der Waals surface area contributed by atoms with Crippen LogP contribution in [0, 0.1) is 5.41 Å². The van der Waals surface area contributed by atoms with Crippen molar-refractivity contribution in [3.05, 3.63) is 69.8 Å². The van der Waals surface area contributed by atoms with Gasteiger partial charge in [0, 0.05) is 0 Å². The van der Waals surface area contributed by atoms with E-state index in [1.54, 1.807) is 0 Å². The molecule has 2 aromatic carbocycles. The highest BCUT2D eigenvalue weighted by Gasteiger charge is 2.54. The molecule has 8 N–H and O–H groups in total. The lowest BCUT2D eigenvalue weighted by Gasteiger charge is -2.47. The molecule has 9 nitrogen and oxygen atoms in total. The summed E-state index contributed by atoms with van der Waals surface area (Å²) in [5, 5.41) is 45.2. The summed E-state index contributed by atoms with van der Waals surface area (Å²) in [6, 6.07) is 12.7. The average Bonchev–Trinajstić information content (AvgIpc) is 3.01. The molecule has 0 aromatic heterocycles. The first-order chi connectivity index (χ1) is 21.0. The number of hydrogen-bond acceptors (Lipinski definition) is 9. The Morgan fingerprint density at radius 1 is 0.568 bits per heavy atom. The van der Waals surface area contributed by atoms with Crippen molar-refractivity contribution in [2.75, 3.05) is 19.8 Å². The predicted molar refractivity (Wildman–Crippen MR) is 178 cm³/mol. The first-order valence-corrected chi connectivity index (χ1v) is 18.2. The van der Waals surface area contributed by atoms with Gasteiger partial charge in [0.15, 0.2) is 0 Å². The fourth-order valence-electron chi connectivity index (χ4n) is 5.44. The van der Waals surface area contributed by atoms with Crippen LogP contribution < -0.4 is 0 Å². The van der Waals surface area contributed by atoms with Gasteiger partial charge in [-0.3, -0.25) is 0 Å². The quantitative estimate of drug-likeness (QED) is 0.0834. The van der Waals surface area contributed by atoms with Crippen LogP contribution in [0.5, 0.6) is 0 Å². The van der Waals surface area contributed by atoms with Gasteiger partial charge in [-0.05, 0) is 84.7 Å². The summed E-state index contributed by atoms with van der Waals surface area (Å²) < 4.78 is 3.60. The highest BCUT2D eigenvalue weighted by molar-refractivity contribution is 7.53. The Hall–Kier alpha value is -1.06. The van der Waals surface area contributed by atoms with Crippen LogP contribution in [-0.4, -0.2) is 59.8 Å². The van der Waals surface area contributed by atoms with Crippen molar-refractivity contribution in [1.82, 2.24) is 0 Å². The molecule has 11 heteroatoms. The number of rotatable bonds is 20. The van der Waals surface area contributed by atoms with E-state index >= 15 is 0 Å². The molecule has 0 radical (unpaired) electrons. The van der Waals surface area contributed by atoms with Crippen LogP contribution >= 0.6 is 17.2 Å². The largest absolute Gasteiger partial charge is 0.395 e. The molecule has 0 bridgehead atoms. The molecule has 2 rings (SSSR count). The van der Waals surface area contributed by atoms with Gasteiger partial charge in [-0.1, -0.05) is 89.8 Å². The molecule has 0 heterocycles. The van der Waals surface area contributed by atoms with Gasteiger partial charge in [0.1, 0.15) is 5.60 Å². The van der Waals surface area contributed by atoms with Gasteiger partial charge in [0.25, 0.3) is 0 Å². The van der Waals surface area contributed by atoms with Crippen molar-refractivity contribution in [2.24, 2.45) is 5.41 Å². The summed E-state index contributed by atoms with van der Waals surface area (Å²) in [4.78, 5) is 31.3. The minimum absolute atomic E-state index is 0.532. The maximum atomic E-state index is 13.0. The van der Waals surface area contributed by atoms with E-state index in [9.17, 15) is 20.4 Å². The summed E-state index contributed by atoms with van der Waals surface area (Å²) in [5.41, 5.74) is 2.46. The SMILES string of the molecule is CCCCc1ccc(CCCC)c(C(O)(c2cc(CCCC)ccc2CCCC)C(CO)(CO)CO)c1.OP(O)OP(O)O. The summed E-state index contributed by atoms with van der Waals surface area (Å²) in [6.45, 7) is 7.05. The Balaban J connectivity index is 0.00000123. The summed E-state index contributed by atoms with van der Waals surface area (Å²) in [7, 11) is -5.22. The van der Waals surface area contributed by atoms with E-state index in [1.807, 2.05) is 0 Å². The van der Waals surface area contributed by atoms with Gasteiger partial charge < -0.3 is 40.0 Å². The van der Waals surface area contributed by atoms with Gasteiger partial charge in [-0.25, -0.2) is 4.31 Å². The highest BCUT2D eigenvalue weighted by atomic mass is 31.2. The molecular weight excluding hydrogens is 602 g/mol. The van der Waals surface area contributed by atoms with E-state index < -0.39 is 48.0 Å². The van der Waals surface area contributed by atoms with Crippen LogP contribution in [0.25, 0.3) is 0 Å². The monoisotopic (exact) mass is 658 g/mol. The van der Waals surface area contributed by atoms with Crippen LogP contribution in [0.1, 0.15) is 112 Å². The smallest absolute Gasteiger partial charge is 0.334 e. The molecule has 0 aliphatic rings. The zero-order chi connectivity index (χ0) is 33.2. The Morgan fingerprint density at radius 2 is 0.909 bits per heavy atom. The van der Waals surface area contributed by atoms with Gasteiger partial charge in [-0.15, -0.1) is 0 Å². The Labute approximate surface area is 266 Å². The molecule has 0 spiro atoms. The fraction of sp³-hybridized carbons (Fsp3) is 0.636. The molecule has 44 heavy (non-hydrogen) atoms. The topological polar surface area (TPSA) is 171 Å². The first-order valence-electron chi connectivity index (χ1n) is 15.9. The van der Waals surface area contributed by atoms with Gasteiger partial charge in [0.2, 0.25) is 0 Å². The van der Waals surface area contributed by atoms with E-state index in [2.05, 4.69) is 68.4 Å². The third-order valence-electron chi connectivity index (χ3n) is 8.19. The van der Waals surface area contributed by atoms with Crippen LogP contribution in [0.2, 0.25) is 0 Å². The molecule has 0 fully saturated rings. The minimum atomic E-state index is -2.61. The van der Waals surface area contributed by atoms with E-state index in [1.165, 1.54) is 0 Å². The Morgan fingerprint density at radius 3 is 1.18 bits per heavy atom. The lowest BCUT2D eigenvalue weighted by Crippen LogP contribution is -2.55. The summed E-state index contributed by atoms with van der Waals surface area (Å²) in [6.07, 6.45) is 11.6. The molecule has 0 unspecified atom stereocenters. The molecule has 252 valence electrons. The van der Waals surface area contributed by atoms with Crippen LogP contribution in [0.4, 0.5) is 0 Å². The fourth-order valence-corrected chi connectivity index (χ4v) is 5.96. The van der Waals surface area contributed by atoms with Crippen LogP contribution in [0.3, 0.4) is 0 Å². The first kappa shape index (κ1) is 41.0. The normalized spacial score (nSPS) is 12.1. The van der Waals surface area contributed by atoms with Crippen molar-refractivity contribution in [3.8, 4) is 0 Å². The highest BCUT2D eigenvalue weighted by Crippen LogP contribution is 2.48. The second-order valence-electron chi connectivity index (χ2n) is 11.4. The second kappa shape index (κ2) is 21.7. The van der Waals surface area contributed by atoms with Crippen molar-refractivity contribution in [3.63, 3.8) is 0 Å². The van der Waals surface area contributed by atoms with Crippen LogP contribution in [-0.2, 0) is 35.6 Å². The number of benzene rings is 2. The number of unbranched alkanes of at least 4 members (excludes halogenated alkanes) is 4. The molecule has 0 aliphatic carbocycles. The van der Waals surface area contributed by atoms with E-state index in [0.29, 0.717) is 0 Å². The van der Waals surface area contributed by atoms with Gasteiger partial charge in [-0.2, -0.15) is 0 Å². The Bertz CT molecular complexity index is 984. The zero-order valence-corrected chi connectivity index (χ0v) is 28.7. The van der Waals surface area contributed by atoms with Gasteiger partial charge in [0.05, 0.1) is 25.2 Å². The van der Waals surface area contributed by atoms with Crippen molar-refractivity contribution < 1.29 is 44.3 Å². The van der Waals surface area contributed by atoms with Crippen LogP contribution in [0.15, 0.2) is 36.4 Å². The predicted octanol–water partition coefficient (Wildman–Crippen LogP) is 5.68. The van der Waals surface area contributed by atoms with Crippen molar-refractivity contribution in [1.29, 1.82) is 0 Å². The van der Waals surface area contributed by atoms with Gasteiger partial charge >= 0.3 is 17.2 Å². The molecular formula is C33H56O9P2. The number of aryl methyl sites for hydroxylation is 4. The number of aliphatic hydroxyl groups is 4. The van der Waals surface area contributed by atoms with Crippen molar-refractivity contribution >= 4 is 17.2 Å². The summed E-state index contributed by atoms with van der Waals surface area (Å²) >= 11 is 0. The molecule has 0 aliphatic heterocycles. The summed E-state index contributed by atoms with van der Waals surface area (Å²) in [5.74, 6) is 0. The molecule has 2 aromatic rings. The van der Waals surface area contributed by atoms with E-state index in [0.717, 1.165) is 110 Å². The molecule has 0 saturated heterocycles. The lowest BCUT2D eigenvalue weighted by atomic mass is 9.63. The minimum Gasteiger partial charge on any atom is -0.395 e. The Kier molecular flexibility index (Phi) is 20.2. The lowest BCUT2D eigenvalue weighted by molar-refractivity contribution is -0.136. The van der Waals surface area contributed by atoms with E-state index in [4.69, 9.17) is 19.6 Å². The zero-order valence-electron chi connectivity index (χ0n) is 27.0. The molecule has 0 amide bonds. The molecule has 0 atom stereocenters. The maximum absolute atomic E-state index is 13.0. The average molecular weight is 659 g/mol. The number of aliphatic hydroxyl groups excluding tert-OH is 3. The van der Waals surface area contributed by atoms with Crippen molar-refractivity contribution in [2.45, 2.75) is 110 Å². The standard InChI is InChI=1S/C33H52O4.H4O5P2/c1-5-9-13-26-17-19-28(15-11-7-3)30(21-26)33(37,32(23-34,24-35)25-36)31-22-27(14-10-6-2)18-20-29(31)16-12-8-4;1-6(2)5-7(3)4/h17-22,34-37H,5-16,23-25H2,1-4H3;1-4H. The third kappa shape index (κ3) is 11.6. The number of hydrogen-bond donors (Lipinski definition) is 8. The molecule has 0 saturated carbocycles. The second-order valence-corrected chi connectivity index (χ2v) is 13.1. The third-order valence-corrected chi connectivity index (χ3v) is 9.36.